The Kier molecular flexibility index (Phi) is 3.15. The third kappa shape index (κ3) is 2.17. The van der Waals surface area contributed by atoms with E-state index in [9.17, 15) is 0 Å². The van der Waals surface area contributed by atoms with E-state index < -0.39 is 0 Å². The predicted molar refractivity (Wildman–Crippen MR) is 65.9 cm³/mol. The molecule has 1 heterocycles. The number of nitrogens with two attached hydrogens (primary N) is 1. The molecule has 0 spiro atoms. The van der Waals surface area contributed by atoms with Gasteiger partial charge in [-0.05, 0) is 37.1 Å². The molecule has 0 saturated carbocycles. The topological polar surface area (TPSA) is 61.3 Å². The first kappa shape index (κ1) is 11.7. The molecule has 0 bridgehead atoms. The quantitative estimate of drug-likeness (QED) is 0.882. The number of aryl methyl sites for hydroxylation is 2. The SMILES string of the molecule is COc1cc(C)c(-c2cnc(CN)o2)cc1C. The lowest BCUT2D eigenvalue weighted by molar-refractivity contribution is 0.411. The molecular weight excluding hydrogens is 216 g/mol. The van der Waals surface area contributed by atoms with E-state index in [2.05, 4.69) is 4.98 Å². The van der Waals surface area contributed by atoms with Gasteiger partial charge in [0.1, 0.15) is 5.75 Å². The lowest BCUT2D eigenvalue weighted by Crippen LogP contribution is -1.95. The van der Waals surface area contributed by atoms with Gasteiger partial charge in [-0.1, -0.05) is 0 Å². The molecule has 0 unspecified atom stereocenters. The first-order valence-electron chi connectivity index (χ1n) is 5.46. The molecule has 0 saturated heterocycles. The van der Waals surface area contributed by atoms with E-state index in [1.807, 2.05) is 26.0 Å². The molecule has 90 valence electrons. The Balaban J connectivity index is 2.48. The van der Waals surface area contributed by atoms with Crippen molar-refractivity contribution in [1.82, 2.24) is 4.98 Å². The van der Waals surface area contributed by atoms with Crippen molar-refractivity contribution >= 4 is 0 Å². The van der Waals surface area contributed by atoms with Gasteiger partial charge in [-0.15, -0.1) is 0 Å². The molecule has 2 aromatic rings. The third-order valence-electron chi connectivity index (χ3n) is 2.74. The molecule has 0 aliphatic heterocycles. The molecule has 4 heteroatoms. The molecule has 17 heavy (non-hydrogen) atoms. The molecule has 0 aliphatic carbocycles. The minimum Gasteiger partial charge on any atom is -0.496 e. The van der Waals surface area contributed by atoms with Crippen molar-refractivity contribution < 1.29 is 9.15 Å². The second kappa shape index (κ2) is 4.59. The monoisotopic (exact) mass is 232 g/mol. The van der Waals surface area contributed by atoms with Crippen molar-refractivity contribution in [3.05, 3.63) is 35.3 Å². The summed E-state index contributed by atoms with van der Waals surface area (Å²) in [5.74, 6) is 2.17. The minimum atomic E-state index is 0.314. The smallest absolute Gasteiger partial charge is 0.208 e. The number of rotatable bonds is 3. The van der Waals surface area contributed by atoms with Gasteiger partial charge in [0.25, 0.3) is 0 Å². The van der Waals surface area contributed by atoms with Gasteiger partial charge in [0.05, 0.1) is 19.9 Å². The van der Waals surface area contributed by atoms with E-state index in [-0.39, 0.29) is 0 Å². The van der Waals surface area contributed by atoms with Crippen LogP contribution in [0.1, 0.15) is 17.0 Å². The Morgan fingerprint density at radius 3 is 2.65 bits per heavy atom. The van der Waals surface area contributed by atoms with Crippen LogP contribution in [0.3, 0.4) is 0 Å². The predicted octanol–water partition coefficient (Wildman–Crippen LogP) is 2.43. The minimum absolute atomic E-state index is 0.314. The van der Waals surface area contributed by atoms with Gasteiger partial charge < -0.3 is 14.9 Å². The van der Waals surface area contributed by atoms with Crippen LogP contribution in [0.4, 0.5) is 0 Å². The van der Waals surface area contributed by atoms with Crippen LogP contribution in [0.15, 0.2) is 22.7 Å². The van der Waals surface area contributed by atoms with E-state index >= 15 is 0 Å². The zero-order chi connectivity index (χ0) is 12.4. The van der Waals surface area contributed by atoms with E-state index in [0.717, 1.165) is 28.2 Å². The molecule has 1 aromatic heterocycles. The number of hydrogen-bond donors (Lipinski definition) is 1. The van der Waals surface area contributed by atoms with Crippen LogP contribution in [0, 0.1) is 13.8 Å². The zero-order valence-electron chi connectivity index (χ0n) is 10.3. The second-order valence-electron chi connectivity index (χ2n) is 3.96. The summed E-state index contributed by atoms with van der Waals surface area (Å²) in [6, 6.07) is 4.03. The van der Waals surface area contributed by atoms with Crippen LogP contribution in [-0.2, 0) is 6.54 Å². The number of methoxy groups -OCH3 is 1. The number of nitrogens with zero attached hydrogens (tertiary/aromatic N) is 1. The van der Waals surface area contributed by atoms with Crippen LogP contribution in [0.5, 0.6) is 5.75 Å². The van der Waals surface area contributed by atoms with Gasteiger partial charge in [-0.2, -0.15) is 0 Å². The fourth-order valence-electron chi connectivity index (χ4n) is 1.80. The summed E-state index contributed by atoms with van der Waals surface area (Å²) >= 11 is 0. The molecule has 0 atom stereocenters. The van der Waals surface area contributed by atoms with Gasteiger partial charge in [-0.25, -0.2) is 4.98 Å². The average Bonchev–Trinajstić information content (AvgIpc) is 2.80. The van der Waals surface area contributed by atoms with Crippen molar-refractivity contribution in [2.75, 3.05) is 7.11 Å². The Morgan fingerprint density at radius 2 is 2.06 bits per heavy atom. The molecule has 0 amide bonds. The van der Waals surface area contributed by atoms with Gasteiger partial charge in [-0.3, -0.25) is 0 Å². The Hall–Kier alpha value is -1.81. The largest absolute Gasteiger partial charge is 0.496 e. The first-order chi connectivity index (χ1) is 8.15. The molecular formula is C13H16N2O2. The summed E-state index contributed by atoms with van der Waals surface area (Å²) in [4.78, 5) is 4.10. The van der Waals surface area contributed by atoms with Gasteiger partial charge in [0.15, 0.2) is 5.76 Å². The fraction of sp³-hybridized carbons (Fsp3) is 0.308. The second-order valence-corrected chi connectivity index (χ2v) is 3.96. The first-order valence-corrected chi connectivity index (χ1v) is 5.46. The highest BCUT2D eigenvalue weighted by Gasteiger charge is 2.11. The molecule has 1 aromatic carbocycles. The standard InChI is InChI=1S/C13H16N2O2/c1-8-5-11(16-3)9(2)4-10(8)12-7-15-13(6-14)17-12/h4-5,7H,6,14H2,1-3H3. The van der Waals surface area contributed by atoms with Gasteiger partial charge in [0.2, 0.25) is 5.89 Å². The maximum atomic E-state index is 5.55. The summed E-state index contributed by atoms with van der Waals surface area (Å²) in [5.41, 5.74) is 8.66. The number of hydrogen-bond acceptors (Lipinski definition) is 4. The van der Waals surface area contributed by atoms with Crippen LogP contribution >= 0.6 is 0 Å². The normalized spacial score (nSPS) is 10.6. The Bertz CT molecular complexity index is 532. The summed E-state index contributed by atoms with van der Waals surface area (Å²) < 4.78 is 10.8. The molecule has 0 radical (unpaired) electrons. The molecule has 2 rings (SSSR count). The van der Waals surface area contributed by atoms with Crippen LogP contribution < -0.4 is 10.5 Å². The van der Waals surface area contributed by atoms with Crippen molar-refractivity contribution in [3.63, 3.8) is 0 Å². The number of aromatic nitrogens is 1. The van der Waals surface area contributed by atoms with Crippen molar-refractivity contribution in [2.24, 2.45) is 5.73 Å². The maximum absolute atomic E-state index is 5.55. The van der Waals surface area contributed by atoms with Crippen molar-refractivity contribution in [3.8, 4) is 17.1 Å². The van der Waals surface area contributed by atoms with E-state index in [0.29, 0.717) is 12.4 Å². The van der Waals surface area contributed by atoms with Crippen LogP contribution in [-0.4, -0.2) is 12.1 Å². The number of ether oxygens (including phenoxy) is 1. The number of benzene rings is 1. The fourth-order valence-corrected chi connectivity index (χ4v) is 1.80. The van der Waals surface area contributed by atoms with Crippen molar-refractivity contribution in [1.29, 1.82) is 0 Å². The number of oxazole rings is 1. The Morgan fingerprint density at radius 1 is 1.29 bits per heavy atom. The van der Waals surface area contributed by atoms with E-state index in [1.54, 1.807) is 13.3 Å². The molecule has 0 fully saturated rings. The maximum Gasteiger partial charge on any atom is 0.208 e. The lowest BCUT2D eigenvalue weighted by atomic mass is 10.0. The van der Waals surface area contributed by atoms with Gasteiger partial charge in [0, 0.05) is 5.56 Å². The van der Waals surface area contributed by atoms with Crippen LogP contribution in [0.2, 0.25) is 0 Å². The summed E-state index contributed by atoms with van der Waals surface area (Å²) in [5, 5.41) is 0. The Labute approximate surface area is 100 Å². The highest BCUT2D eigenvalue weighted by atomic mass is 16.5. The molecule has 4 nitrogen and oxygen atoms in total. The zero-order valence-corrected chi connectivity index (χ0v) is 10.3. The van der Waals surface area contributed by atoms with E-state index in [1.165, 1.54) is 0 Å². The van der Waals surface area contributed by atoms with Crippen molar-refractivity contribution in [2.45, 2.75) is 20.4 Å². The molecule has 0 aliphatic rings. The molecule has 2 N–H and O–H groups in total. The summed E-state index contributed by atoms with van der Waals surface area (Å²) in [6.45, 7) is 4.33. The summed E-state index contributed by atoms with van der Waals surface area (Å²) in [7, 11) is 1.67. The highest BCUT2D eigenvalue weighted by molar-refractivity contribution is 5.64. The van der Waals surface area contributed by atoms with E-state index in [4.69, 9.17) is 14.9 Å². The van der Waals surface area contributed by atoms with Crippen LogP contribution in [0.25, 0.3) is 11.3 Å². The van der Waals surface area contributed by atoms with Gasteiger partial charge >= 0.3 is 0 Å². The summed E-state index contributed by atoms with van der Waals surface area (Å²) in [6.07, 6.45) is 1.70. The third-order valence-corrected chi connectivity index (χ3v) is 2.74. The lowest BCUT2D eigenvalue weighted by Gasteiger charge is -2.09. The highest BCUT2D eigenvalue weighted by Crippen LogP contribution is 2.30. The average molecular weight is 232 g/mol.